The number of carbonyl (C=O) groups is 1. The van der Waals surface area contributed by atoms with Crippen LogP contribution in [0.5, 0.6) is 11.9 Å². The second-order valence-electron chi connectivity index (χ2n) is 10.1. The zero-order chi connectivity index (χ0) is 31.3. The summed E-state index contributed by atoms with van der Waals surface area (Å²) in [5.74, 6) is -0.336. The molecule has 0 spiro atoms. The molecular weight excluding hydrogens is 595 g/mol. The van der Waals surface area contributed by atoms with Crippen molar-refractivity contribution in [3.8, 4) is 23.0 Å². The van der Waals surface area contributed by atoms with Crippen LogP contribution in [0.15, 0.2) is 36.9 Å². The number of nitrogens with zero attached hydrogens (tertiary/aromatic N) is 6. The van der Waals surface area contributed by atoms with Crippen LogP contribution in [0.3, 0.4) is 0 Å². The minimum atomic E-state index is -4.69. The third-order valence-corrected chi connectivity index (χ3v) is 7.11. The second kappa shape index (κ2) is 13.5. The van der Waals surface area contributed by atoms with Gasteiger partial charge in [0.2, 0.25) is 11.8 Å². The molecular formula is C27H29F5N8O4. The molecule has 3 aromatic heterocycles. The van der Waals surface area contributed by atoms with E-state index in [-0.39, 0.29) is 43.1 Å². The highest BCUT2D eigenvalue weighted by Gasteiger charge is 2.38. The quantitative estimate of drug-likeness (QED) is 0.314. The summed E-state index contributed by atoms with van der Waals surface area (Å²) in [6.45, 7) is -0.484. The summed E-state index contributed by atoms with van der Waals surface area (Å²) in [7, 11) is 1.45. The van der Waals surface area contributed by atoms with Gasteiger partial charge in [-0.1, -0.05) is 0 Å². The molecule has 1 saturated carbocycles. The number of methoxy groups -OCH3 is 1. The Kier molecular flexibility index (Phi) is 9.51. The molecule has 2 aliphatic rings. The maximum atomic E-state index is 13.5. The lowest BCUT2D eigenvalue weighted by atomic mass is 9.90. The Labute approximate surface area is 248 Å². The van der Waals surface area contributed by atoms with Crippen LogP contribution in [0.2, 0.25) is 0 Å². The van der Waals surface area contributed by atoms with Crippen molar-refractivity contribution in [3.05, 3.63) is 42.5 Å². The summed E-state index contributed by atoms with van der Waals surface area (Å²) in [6.07, 6.45) is -0.774. The summed E-state index contributed by atoms with van der Waals surface area (Å²) in [4.78, 5) is 34.8. The maximum absolute atomic E-state index is 13.5. The summed E-state index contributed by atoms with van der Waals surface area (Å²) in [5, 5.41) is 5.31. The van der Waals surface area contributed by atoms with E-state index in [2.05, 4.69) is 35.6 Å². The molecule has 236 valence electrons. The van der Waals surface area contributed by atoms with E-state index in [4.69, 9.17) is 14.2 Å². The van der Waals surface area contributed by atoms with Crippen LogP contribution in [0, 0.1) is 0 Å². The predicted octanol–water partition coefficient (Wildman–Crippen LogP) is 4.34. The number of anilines is 2. The Morgan fingerprint density at radius 1 is 1.02 bits per heavy atom. The van der Waals surface area contributed by atoms with Crippen LogP contribution in [-0.2, 0) is 10.9 Å². The molecule has 12 nitrogen and oxygen atoms in total. The van der Waals surface area contributed by atoms with Gasteiger partial charge in [0.25, 0.3) is 6.43 Å². The molecule has 2 N–H and O–H groups in total. The van der Waals surface area contributed by atoms with Crippen molar-refractivity contribution in [1.82, 2.24) is 30.2 Å². The Morgan fingerprint density at radius 3 is 2.30 bits per heavy atom. The number of hydrogen-bond acceptors (Lipinski definition) is 10. The van der Waals surface area contributed by atoms with Gasteiger partial charge < -0.3 is 24.8 Å². The Bertz CT molecular complexity index is 1400. The fourth-order valence-electron chi connectivity index (χ4n) is 4.80. The average Bonchev–Trinajstić information content (AvgIpc) is 2.99. The minimum Gasteiger partial charge on any atom is -0.469 e. The van der Waals surface area contributed by atoms with E-state index in [1.54, 1.807) is 24.5 Å². The number of halogens is 5. The zero-order valence-electron chi connectivity index (χ0n) is 23.4. The van der Waals surface area contributed by atoms with Gasteiger partial charge in [0.1, 0.15) is 17.5 Å². The van der Waals surface area contributed by atoms with E-state index in [1.165, 1.54) is 18.2 Å². The first kappa shape index (κ1) is 31.0. The van der Waals surface area contributed by atoms with Crippen LogP contribution in [-0.4, -0.2) is 82.4 Å². The van der Waals surface area contributed by atoms with E-state index >= 15 is 0 Å². The molecule has 17 heteroatoms. The standard InChI is InChI=1S/C27H29F5N8O4/c1-42-25-35-9-16(10-36-25)15-2-7-22(33-8-15)40(26(41)37-12-21(28)29)18-5-3-17(4-6-18)38-24-34-11-20(27(30,31)32)23(39-24)44-19-13-43-14-19/h2,7-11,17-19,21H,3-6,12-14H2,1H3,(H,37,41)(H,34,38,39). The molecule has 1 aliphatic heterocycles. The molecule has 44 heavy (non-hydrogen) atoms. The molecule has 0 radical (unpaired) electrons. The fraction of sp³-hybridized carbons (Fsp3) is 0.481. The first-order valence-electron chi connectivity index (χ1n) is 13.7. The molecule has 0 aromatic carbocycles. The van der Waals surface area contributed by atoms with Crippen LogP contribution < -0.4 is 25.0 Å². The summed E-state index contributed by atoms with van der Waals surface area (Å²) in [5.41, 5.74) is 0.245. The number of pyridine rings is 1. The van der Waals surface area contributed by atoms with Gasteiger partial charge in [-0.3, -0.25) is 4.90 Å². The first-order valence-corrected chi connectivity index (χ1v) is 13.7. The third kappa shape index (κ3) is 7.56. The predicted molar refractivity (Wildman–Crippen MR) is 146 cm³/mol. The molecule has 2 fully saturated rings. The van der Waals surface area contributed by atoms with Gasteiger partial charge in [-0.25, -0.2) is 33.5 Å². The number of hydrogen-bond donors (Lipinski definition) is 2. The lowest BCUT2D eigenvalue weighted by molar-refractivity contribution is -0.142. The van der Waals surface area contributed by atoms with Crippen LogP contribution in [0.1, 0.15) is 31.2 Å². The van der Waals surface area contributed by atoms with Crippen molar-refractivity contribution >= 4 is 17.8 Å². The number of ether oxygens (including phenoxy) is 3. The van der Waals surface area contributed by atoms with Crippen molar-refractivity contribution in [3.63, 3.8) is 0 Å². The average molecular weight is 625 g/mol. The van der Waals surface area contributed by atoms with Crippen molar-refractivity contribution in [2.24, 2.45) is 0 Å². The second-order valence-corrected chi connectivity index (χ2v) is 10.1. The maximum Gasteiger partial charge on any atom is 0.423 e. The van der Waals surface area contributed by atoms with Gasteiger partial charge in [0.05, 0.1) is 26.9 Å². The van der Waals surface area contributed by atoms with E-state index in [9.17, 15) is 26.7 Å². The highest BCUT2D eigenvalue weighted by molar-refractivity contribution is 5.91. The van der Waals surface area contributed by atoms with E-state index in [1.807, 2.05) is 0 Å². The molecule has 0 bridgehead atoms. The Morgan fingerprint density at radius 2 is 1.73 bits per heavy atom. The highest BCUT2D eigenvalue weighted by atomic mass is 19.4. The SMILES string of the molecule is COc1ncc(-c2ccc(N(C(=O)NCC(F)F)C3CCC(Nc4ncc(C(F)(F)F)c(OC5COC5)n4)CC3)nc2)cn1. The van der Waals surface area contributed by atoms with Crippen LogP contribution in [0.25, 0.3) is 11.1 Å². The lowest BCUT2D eigenvalue weighted by Gasteiger charge is -2.36. The molecule has 0 atom stereocenters. The van der Waals surface area contributed by atoms with Crippen LogP contribution >= 0.6 is 0 Å². The van der Waals surface area contributed by atoms with Gasteiger partial charge in [-0.05, 0) is 37.8 Å². The number of carbonyl (C=O) groups excluding carboxylic acids is 1. The number of rotatable bonds is 10. The minimum absolute atomic E-state index is 0.0250. The molecule has 0 unspecified atom stereocenters. The lowest BCUT2D eigenvalue weighted by Crippen LogP contribution is -2.50. The van der Waals surface area contributed by atoms with E-state index in [0.717, 1.165) is 0 Å². The monoisotopic (exact) mass is 624 g/mol. The number of amides is 2. The largest absolute Gasteiger partial charge is 0.469 e. The third-order valence-electron chi connectivity index (χ3n) is 7.11. The number of alkyl halides is 5. The van der Waals surface area contributed by atoms with Crippen molar-refractivity contribution in [1.29, 1.82) is 0 Å². The van der Waals surface area contributed by atoms with E-state index in [0.29, 0.717) is 43.0 Å². The van der Waals surface area contributed by atoms with Crippen molar-refractivity contribution < 1.29 is 41.0 Å². The Hall–Kier alpha value is -4.41. The van der Waals surface area contributed by atoms with Gasteiger partial charge in [-0.2, -0.15) is 18.2 Å². The highest BCUT2D eigenvalue weighted by Crippen LogP contribution is 2.36. The topological polar surface area (TPSA) is 137 Å². The molecule has 2 amide bonds. The number of nitrogens with one attached hydrogen (secondary N) is 2. The first-order chi connectivity index (χ1) is 21.1. The van der Waals surface area contributed by atoms with Crippen molar-refractivity contribution in [2.75, 3.05) is 37.1 Å². The number of urea groups is 1. The fourth-order valence-corrected chi connectivity index (χ4v) is 4.80. The van der Waals surface area contributed by atoms with Crippen LogP contribution in [0.4, 0.5) is 38.5 Å². The summed E-state index contributed by atoms with van der Waals surface area (Å²) >= 11 is 0. The normalized spacial score (nSPS) is 18.8. The van der Waals surface area contributed by atoms with E-state index < -0.39 is 42.7 Å². The van der Waals surface area contributed by atoms with Gasteiger partial charge in [0, 0.05) is 48.0 Å². The molecule has 4 heterocycles. The van der Waals surface area contributed by atoms with Crippen molar-refractivity contribution in [2.45, 2.75) is 56.5 Å². The van der Waals surface area contributed by atoms with Gasteiger partial charge in [-0.15, -0.1) is 0 Å². The molecule has 1 aliphatic carbocycles. The smallest absolute Gasteiger partial charge is 0.423 e. The Balaban J connectivity index is 1.27. The van der Waals surface area contributed by atoms with Gasteiger partial charge >= 0.3 is 18.2 Å². The molecule has 5 rings (SSSR count). The van der Waals surface area contributed by atoms with Gasteiger partial charge in [0.15, 0.2) is 0 Å². The summed E-state index contributed by atoms with van der Waals surface area (Å²) in [6, 6.07) is 2.19. The molecule has 3 aromatic rings. The number of aromatic nitrogens is 5. The zero-order valence-corrected chi connectivity index (χ0v) is 23.4. The molecule has 1 saturated heterocycles. The summed E-state index contributed by atoms with van der Waals surface area (Å²) < 4.78 is 81.5.